The third-order valence-corrected chi connectivity index (χ3v) is 8.16. The van der Waals surface area contributed by atoms with Crippen LogP contribution < -0.4 is 5.32 Å². The standard InChI is InChI=1S/C15H22O3.C13H19NO3.C9H12.C3H8/c1-11(2)10-18-15(17)9-4-12(3)13-5-7-14(16)8-6-13;1-2-3-6-14-12(15)10-8-4-5-9(7-8)11(10)13(16)17;1-8(2)9-6-4-3-5-7-9;1-3-2/h5-8,11-12,16H,4,9-10H2,1-3H3;4-5,8-11H,2-3,6-7H2,1H3,(H,14,15)(H,16,17);3-8H,1-2H3;3H2,1-2H3. The van der Waals surface area contributed by atoms with Crippen molar-refractivity contribution < 1.29 is 29.3 Å². The van der Waals surface area contributed by atoms with E-state index in [4.69, 9.17) is 4.74 Å². The fraction of sp³-hybridized carbons (Fsp3) is 0.575. The lowest BCUT2D eigenvalue weighted by Gasteiger charge is -2.23. The number of allylic oxidation sites excluding steroid dienone is 2. The van der Waals surface area contributed by atoms with E-state index in [1.807, 2.05) is 44.2 Å². The number of unbranched alkanes of at least 4 members (excludes halogenated alkanes) is 1. The number of carbonyl (C=O) groups is 3. The van der Waals surface area contributed by atoms with Gasteiger partial charge < -0.3 is 20.3 Å². The topological polar surface area (TPSA) is 113 Å². The molecule has 262 valence electrons. The third kappa shape index (κ3) is 15.7. The third-order valence-electron chi connectivity index (χ3n) is 8.16. The highest BCUT2D eigenvalue weighted by Gasteiger charge is 2.51. The number of hydrogen-bond acceptors (Lipinski definition) is 5. The van der Waals surface area contributed by atoms with Crippen LogP contribution in [0.1, 0.15) is 117 Å². The van der Waals surface area contributed by atoms with Crippen molar-refractivity contribution >= 4 is 17.8 Å². The number of carbonyl (C=O) groups excluding carboxylic acids is 2. The number of carboxylic acid groups (broad SMARTS) is 1. The zero-order chi connectivity index (χ0) is 35.4. The number of ether oxygens (including phenoxy) is 1. The number of phenolic OH excluding ortho intramolecular Hbond substituents is 1. The van der Waals surface area contributed by atoms with Crippen LogP contribution in [0.5, 0.6) is 5.75 Å². The molecular formula is C40H61NO6. The zero-order valence-corrected chi connectivity index (χ0v) is 30.1. The number of rotatable bonds is 12. The highest BCUT2D eigenvalue weighted by atomic mass is 16.5. The summed E-state index contributed by atoms with van der Waals surface area (Å²) >= 11 is 0. The van der Waals surface area contributed by atoms with Crippen LogP contribution in [0.3, 0.4) is 0 Å². The Labute approximate surface area is 284 Å². The van der Waals surface area contributed by atoms with E-state index in [-0.39, 0.29) is 41.3 Å². The maximum atomic E-state index is 12.0. The number of benzene rings is 2. The normalized spacial score (nSPS) is 19.4. The van der Waals surface area contributed by atoms with Crippen LogP contribution in [0.2, 0.25) is 0 Å². The van der Waals surface area contributed by atoms with Crippen LogP contribution in [0.25, 0.3) is 0 Å². The SMILES string of the molecule is CC(C)COC(=O)CCC(C)c1ccc(O)cc1.CC(C)c1ccccc1.CCC.CCCCNC(=O)C1C2C=CC(C2)C1C(=O)O. The monoisotopic (exact) mass is 651 g/mol. The van der Waals surface area contributed by atoms with Gasteiger partial charge in [0, 0.05) is 13.0 Å². The molecule has 4 rings (SSSR count). The maximum Gasteiger partial charge on any atom is 0.307 e. The summed E-state index contributed by atoms with van der Waals surface area (Å²) in [5, 5.41) is 21.3. The molecule has 3 N–H and O–H groups in total. The predicted octanol–water partition coefficient (Wildman–Crippen LogP) is 9.13. The Morgan fingerprint density at radius 3 is 1.91 bits per heavy atom. The van der Waals surface area contributed by atoms with E-state index in [0.717, 1.165) is 31.2 Å². The largest absolute Gasteiger partial charge is 0.508 e. The van der Waals surface area contributed by atoms with E-state index in [1.165, 1.54) is 12.0 Å². The molecule has 47 heavy (non-hydrogen) atoms. The van der Waals surface area contributed by atoms with Crippen LogP contribution in [0.15, 0.2) is 66.7 Å². The lowest BCUT2D eigenvalue weighted by atomic mass is 9.82. The molecular weight excluding hydrogens is 590 g/mol. The van der Waals surface area contributed by atoms with Gasteiger partial charge in [0.1, 0.15) is 5.75 Å². The van der Waals surface area contributed by atoms with Gasteiger partial charge in [0.05, 0.1) is 18.4 Å². The molecule has 7 heteroatoms. The lowest BCUT2D eigenvalue weighted by Crippen LogP contribution is -2.40. The summed E-state index contributed by atoms with van der Waals surface area (Å²) in [6, 6.07) is 17.6. The van der Waals surface area contributed by atoms with Gasteiger partial charge in [-0.25, -0.2) is 0 Å². The molecule has 5 unspecified atom stereocenters. The number of nitrogens with one attached hydrogen (secondary N) is 1. The lowest BCUT2D eigenvalue weighted by molar-refractivity contribution is -0.147. The number of carboxylic acids is 1. The smallest absolute Gasteiger partial charge is 0.307 e. The van der Waals surface area contributed by atoms with Gasteiger partial charge in [-0.3, -0.25) is 14.4 Å². The summed E-state index contributed by atoms with van der Waals surface area (Å²) in [6.45, 7) is 18.0. The van der Waals surface area contributed by atoms with E-state index in [0.29, 0.717) is 31.4 Å². The van der Waals surface area contributed by atoms with E-state index in [1.54, 1.807) is 12.1 Å². The minimum absolute atomic E-state index is 0.0550. The first-order valence-electron chi connectivity index (χ1n) is 17.5. The molecule has 1 saturated carbocycles. The Kier molecular flexibility index (Phi) is 20.1. The number of amides is 1. The molecule has 2 aromatic rings. The average molecular weight is 652 g/mol. The molecule has 0 aliphatic heterocycles. The fourth-order valence-electron chi connectivity index (χ4n) is 5.50. The van der Waals surface area contributed by atoms with Crippen molar-refractivity contribution in [3.63, 3.8) is 0 Å². The Bertz CT molecular complexity index is 1190. The number of esters is 1. The molecule has 2 aliphatic carbocycles. The fourth-order valence-corrected chi connectivity index (χ4v) is 5.50. The first-order chi connectivity index (χ1) is 22.4. The minimum Gasteiger partial charge on any atom is -0.508 e. The first kappa shape index (κ1) is 41.4. The van der Waals surface area contributed by atoms with E-state index >= 15 is 0 Å². The molecule has 2 aliphatic rings. The number of fused-ring (bicyclic) bond motifs is 2. The van der Waals surface area contributed by atoms with Gasteiger partial charge in [-0.2, -0.15) is 0 Å². The van der Waals surface area contributed by atoms with Crippen molar-refractivity contribution in [1.82, 2.24) is 5.32 Å². The van der Waals surface area contributed by atoms with Gasteiger partial charge in [0.2, 0.25) is 5.91 Å². The molecule has 5 atom stereocenters. The second-order valence-corrected chi connectivity index (χ2v) is 13.4. The summed E-state index contributed by atoms with van der Waals surface area (Å²) in [5.41, 5.74) is 2.54. The van der Waals surface area contributed by atoms with Crippen molar-refractivity contribution in [2.45, 2.75) is 106 Å². The molecule has 2 aromatic carbocycles. The number of aliphatic carboxylic acids is 1. The maximum absolute atomic E-state index is 12.0. The second kappa shape index (κ2) is 22.8. The predicted molar refractivity (Wildman–Crippen MR) is 191 cm³/mol. The van der Waals surface area contributed by atoms with E-state index in [9.17, 15) is 24.6 Å². The summed E-state index contributed by atoms with van der Waals surface area (Å²) in [4.78, 5) is 34.7. The minimum atomic E-state index is -0.836. The number of phenols is 1. The van der Waals surface area contributed by atoms with E-state index < -0.39 is 11.9 Å². The van der Waals surface area contributed by atoms with Crippen molar-refractivity contribution in [1.29, 1.82) is 0 Å². The summed E-state index contributed by atoms with van der Waals surface area (Å²) in [7, 11) is 0. The molecule has 0 aromatic heterocycles. The Morgan fingerprint density at radius 2 is 1.43 bits per heavy atom. The van der Waals surface area contributed by atoms with Crippen molar-refractivity contribution in [2.24, 2.45) is 29.6 Å². The quantitative estimate of drug-likeness (QED) is 0.120. The van der Waals surface area contributed by atoms with Gasteiger partial charge in [-0.05, 0) is 72.1 Å². The molecule has 1 amide bonds. The molecule has 0 radical (unpaired) electrons. The molecule has 1 fully saturated rings. The molecule has 0 spiro atoms. The van der Waals surface area contributed by atoms with Gasteiger partial charge >= 0.3 is 11.9 Å². The van der Waals surface area contributed by atoms with Crippen molar-refractivity contribution in [2.75, 3.05) is 13.2 Å². The van der Waals surface area contributed by atoms with Gasteiger partial charge in [-0.15, -0.1) is 0 Å². The Balaban J connectivity index is 0.000000353. The highest BCUT2D eigenvalue weighted by molar-refractivity contribution is 5.86. The van der Waals surface area contributed by atoms with Gasteiger partial charge in [0.15, 0.2) is 0 Å². The van der Waals surface area contributed by atoms with Crippen LogP contribution in [-0.4, -0.2) is 41.2 Å². The highest BCUT2D eigenvalue weighted by Crippen LogP contribution is 2.48. The van der Waals surface area contributed by atoms with Crippen LogP contribution in [0, 0.1) is 29.6 Å². The van der Waals surface area contributed by atoms with Crippen LogP contribution in [0.4, 0.5) is 0 Å². The van der Waals surface area contributed by atoms with Gasteiger partial charge in [0.25, 0.3) is 0 Å². The van der Waals surface area contributed by atoms with Crippen LogP contribution in [-0.2, 0) is 19.1 Å². The summed E-state index contributed by atoms with van der Waals surface area (Å²) in [5.74, 6) is -0.156. The van der Waals surface area contributed by atoms with Gasteiger partial charge in [-0.1, -0.05) is 123 Å². The Morgan fingerprint density at radius 1 is 0.851 bits per heavy atom. The average Bonchev–Trinajstić information content (AvgIpc) is 3.67. The number of hydrogen-bond donors (Lipinski definition) is 3. The molecule has 0 saturated heterocycles. The molecule has 2 bridgehead atoms. The molecule has 0 heterocycles. The van der Waals surface area contributed by atoms with Crippen molar-refractivity contribution in [3.8, 4) is 5.75 Å². The van der Waals surface area contributed by atoms with Crippen LogP contribution >= 0.6 is 0 Å². The first-order valence-corrected chi connectivity index (χ1v) is 17.5. The summed E-state index contributed by atoms with van der Waals surface area (Å²) < 4.78 is 5.13. The zero-order valence-electron chi connectivity index (χ0n) is 30.1. The van der Waals surface area contributed by atoms with E-state index in [2.05, 4.69) is 71.1 Å². The number of aromatic hydroxyl groups is 1. The Hall–Kier alpha value is -3.61. The molecule has 7 nitrogen and oxygen atoms in total. The van der Waals surface area contributed by atoms with Crippen molar-refractivity contribution in [3.05, 3.63) is 77.9 Å². The summed E-state index contributed by atoms with van der Waals surface area (Å²) in [6.07, 6.45) is 9.21. The second-order valence-electron chi connectivity index (χ2n) is 13.4.